The van der Waals surface area contributed by atoms with E-state index in [2.05, 4.69) is 40.6 Å². The second-order valence-corrected chi connectivity index (χ2v) is 4.36. The first-order valence-electron chi connectivity index (χ1n) is 5.37. The molecular formula is C11H24N2S. The van der Waals surface area contributed by atoms with Crippen LogP contribution >= 0.6 is 0 Å². The molecule has 0 saturated heterocycles. The molecule has 84 valence electrons. The summed E-state index contributed by atoms with van der Waals surface area (Å²) in [7, 11) is 4.68. The summed E-state index contributed by atoms with van der Waals surface area (Å²) >= 11 is 3.70. The van der Waals surface area contributed by atoms with E-state index in [1.165, 1.54) is 48.7 Å². The molecule has 0 aliphatic rings. The Hall–Kier alpha value is -0.330. The van der Waals surface area contributed by atoms with Crippen LogP contribution < -0.4 is 0 Å². The molecule has 14 heavy (non-hydrogen) atoms. The monoisotopic (exact) mass is 216 g/mol. The Morgan fingerprint density at radius 2 is 1.36 bits per heavy atom. The first-order chi connectivity index (χ1) is 6.54. The Kier molecular flexibility index (Phi) is 12.4. The number of quaternary nitrogens is 1. The van der Waals surface area contributed by atoms with E-state index in [1.54, 1.807) is 0 Å². The lowest BCUT2D eigenvalue weighted by atomic mass is 10.2. The highest BCUT2D eigenvalue weighted by Gasteiger charge is 2.11. The van der Waals surface area contributed by atoms with Gasteiger partial charge in [-0.05, 0) is 12.8 Å². The van der Waals surface area contributed by atoms with Gasteiger partial charge in [-0.2, -0.15) is 0 Å². The molecule has 0 rings (SSSR count). The van der Waals surface area contributed by atoms with E-state index in [0.29, 0.717) is 0 Å². The lowest BCUT2D eigenvalue weighted by Crippen LogP contribution is -2.41. The zero-order valence-electron chi connectivity index (χ0n) is 10.0. The van der Waals surface area contributed by atoms with Crippen LogP contribution in [0.4, 0.5) is 0 Å². The van der Waals surface area contributed by atoms with Gasteiger partial charge in [0.05, 0.1) is 27.2 Å². The Morgan fingerprint density at radius 3 is 1.57 bits per heavy atom. The van der Waals surface area contributed by atoms with Gasteiger partial charge in [-0.15, -0.1) is 0 Å². The van der Waals surface area contributed by atoms with Crippen molar-refractivity contribution in [3.8, 4) is 5.40 Å². The maximum Gasteiger partial charge on any atom is 0.0782 e. The molecule has 0 N–H and O–H groups in total. The third-order valence-corrected chi connectivity index (χ3v) is 2.23. The quantitative estimate of drug-likeness (QED) is 0.387. The summed E-state index contributed by atoms with van der Waals surface area (Å²) in [6.07, 6.45) is 5.40. The lowest BCUT2D eigenvalue weighted by Gasteiger charge is -2.29. The minimum absolute atomic E-state index is 1.21. The van der Waals surface area contributed by atoms with Gasteiger partial charge in [0.2, 0.25) is 0 Å². The van der Waals surface area contributed by atoms with Gasteiger partial charge in [0.25, 0.3) is 0 Å². The lowest BCUT2D eigenvalue weighted by molar-refractivity contribution is -0.890. The molecule has 3 heteroatoms. The van der Waals surface area contributed by atoms with Crippen LogP contribution in [0.3, 0.4) is 0 Å². The topological polar surface area (TPSA) is 23.8 Å². The number of rotatable bonds is 6. The van der Waals surface area contributed by atoms with E-state index in [-0.39, 0.29) is 0 Å². The Balaban J connectivity index is 0. The van der Waals surface area contributed by atoms with Crippen molar-refractivity contribution in [2.75, 3.05) is 27.2 Å². The Morgan fingerprint density at radius 1 is 1.07 bits per heavy atom. The first-order valence-corrected chi connectivity index (χ1v) is 5.78. The summed E-state index contributed by atoms with van der Waals surface area (Å²) in [5, 5.41) is 8.47. The molecule has 0 bridgehead atoms. The first kappa shape index (κ1) is 16.1. The summed E-state index contributed by atoms with van der Waals surface area (Å²) in [4.78, 5) is 0. The van der Waals surface area contributed by atoms with Crippen LogP contribution in [0.1, 0.15) is 39.5 Å². The number of nitrogens with zero attached hydrogens (tertiary/aromatic N) is 2. The van der Waals surface area contributed by atoms with Gasteiger partial charge >= 0.3 is 0 Å². The molecule has 0 aliphatic carbocycles. The molecule has 0 aliphatic heterocycles. The van der Waals surface area contributed by atoms with Crippen LogP contribution in [0.2, 0.25) is 0 Å². The normalized spacial score (nSPS) is 9.93. The second kappa shape index (κ2) is 10.7. The van der Waals surface area contributed by atoms with Crippen LogP contribution in [-0.4, -0.2) is 31.7 Å². The van der Waals surface area contributed by atoms with Crippen LogP contribution in [0, 0.1) is 10.7 Å². The van der Waals surface area contributed by atoms with Crippen molar-refractivity contribution in [3.63, 3.8) is 0 Å². The smallest absolute Gasteiger partial charge is 0.0782 e. The molecule has 0 amide bonds. The molecule has 0 fully saturated rings. The van der Waals surface area contributed by atoms with E-state index in [9.17, 15) is 0 Å². The third kappa shape index (κ3) is 14.2. The predicted octanol–water partition coefficient (Wildman–Crippen LogP) is 2.68. The summed E-state index contributed by atoms with van der Waals surface area (Å²) in [5.41, 5.74) is 0. The minimum Gasteiger partial charge on any atom is -0.696 e. The zero-order valence-corrected chi connectivity index (χ0v) is 10.9. The molecule has 0 heterocycles. The fourth-order valence-electron chi connectivity index (χ4n) is 1.28. The largest absolute Gasteiger partial charge is 0.696 e. The summed E-state index contributed by atoms with van der Waals surface area (Å²) in [6, 6.07) is 0. The SMILES string of the molecule is CCCC[N+](C)(C)CCCC.N#C[S-]. The molecule has 0 spiro atoms. The molecule has 2 nitrogen and oxygen atoms in total. The highest BCUT2D eigenvalue weighted by atomic mass is 32.1. The number of hydrogen-bond acceptors (Lipinski definition) is 2. The summed E-state index contributed by atoms with van der Waals surface area (Å²) in [6.45, 7) is 7.21. The molecular weight excluding hydrogens is 192 g/mol. The van der Waals surface area contributed by atoms with E-state index in [4.69, 9.17) is 5.26 Å². The van der Waals surface area contributed by atoms with Crippen molar-refractivity contribution >= 4 is 12.6 Å². The number of hydrogen-bond donors (Lipinski definition) is 0. The van der Waals surface area contributed by atoms with Crippen molar-refractivity contribution in [2.45, 2.75) is 39.5 Å². The van der Waals surface area contributed by atoms with Gasteiger partial charge in [-0.3, -0.25) is 0 Å². The van der Waals surface area contributed by atoms with Crippen molar-refractivity contribution < 1.29 is 4.48 Å². The average Bonchev–Trinajstić information content (AvgIpc) is 2.13. The second-order valence-electron chi connectivity index (χ2n) is 4.18. The van der Waals surface area contributed by atoms with Crippen LogP contribution in [0.15, 0.2) is 0 Å². The fourth-order valence-corrected chi connectivity index (χ4v) is 1.28. The van der Waals surface area contributed by atoms with Crippen LogP contribution in [0.5, 0.6) is 0 Å². The Bertz CT molecular complexity index is 140. The van der Waals surface area contributed by atoms with E-state index in [1.807, 2.05) is 0 Å². The van der Waals surface area contributed by atoms with E-state index < -0.39 is 0 Å². The predicted molar refractivity (Wildman–Crippen MR) is 64.6 cm³/mol. The van der Waals surface area contributed by atoms with Crippen molar-refractivity contribution in [3.05, 3.63) is 0 Å². The third-order valence-electron chi connectivity index (χ3n) is 2.23. The van der Waals surface area contributed by atoms with Gasteiger partial charge in [0.15, 0.2) is 0 Å². The maximum absolute atomic E-state index is 7.13. The standard InChI is InChI=1S/C10H24N.CHNS/c1-5-7-9-11(3,4)10-8-6-2;2-1-3/h5-10H2,1-4H3;3H/q+1;/p-1. The summed E-state index contributed by atoms with van der Waals surface area (Å²) < 4.78 is 1.21. The average molecular weight is 216 g/mol. The highest BCUT2D eigenvalue weighted by molar-refractivity contribution is 7.64. The van der Waals surface area contributed by atoms with Gasteiger partial charge in [-0.25, -0.2) is 5.26 Å². The van der Waals surface area contributed by atoms with Crippen LogP contribution in [-0.2, 0) is 12.6 Å². The Labute approximate surface area is 94.9 Å². The molecule has 0 aromatic carbocycles. The molecule has 0 aromatic rings. The van der Waals surface area contributed by atoms with Gasteiger partial charge < -0.3 is 17.1 Å². The number of nitriles is 1. The number of thiocyanates is 1. The minimum atomic E-state index is 1.21. The molecule has 0 saturated carbocycles. The maximum atomic E-state index is 7.13. The van der Waals surface area contributed by atoms with Crippen molar-refractivity contribution in [2.24, 2.45) is 0 Å². The molecule has 0 aromatic heterocycles. The molecule has 0 unspecified atom stereocenters. The molecule has 0 atom stereocenters. The van der Waals surface area contributed by atoms with Gasteiger partial charge in [0.1, 0.15) is 0 Å². The van der Waals surface area contributed by atoms with E-state index in [0.717, 1.165) is 0 Å². The van der Waals surface area contributed by atoms with Gasteiger partial charge in [-0.1, -0.05) is 32.1 Å². The van der Waals surface area contributed by atoms with Crippen LogP contribution in [0.25, 0.3) is 0 Å². The fraction of sp³-hybridized carbons (Fsp3) is 0.909. The highest BCUT2D eigenvalue weighted by Crippen LogP contribution is 2.03. The van der Waals surface area contributed by atoms with Gasteiger partial charge in [0, 0.05) is 0 Å². The summed E-state index contributed by atoms with van der Waals surface area (Å²) in [5.74, 6) is 0. The van der Waals surface area contributed by atoms with E-state index >= 15 is 0 Å². The molecule has 0 radical (unpaired) electrons. The van der Waals surface area contributed by atoms with Crippen molar-refractivity contribution in [1.82, 2.24) is 0 Å². The zero-order chi connectivity index (χ0) is 11.4. The number of unbranched alkanes of at least 4 members (excludes halogenated alkanes) is 2. The van der Waals surface area contributed by atoms with Crippen molar-refractivity contribution in [1.29, 1.82) is 5.26 Å².